The number of hydrogen-bond donors (Lipinski definition) is 7. The summed E-state index contributed by atoms with van der Waals surface area (Å²) in [6, 6.07) is 0. The van der Waals surface area contributed by atoms with E-state index in [4.69, 9.17) is 0 Å². The Morgan fingerprint density at radius 1 is 0.737 bits per heavy atom. The fraction of sp³-hybridized carbons (Fsp3) is 1.00. The van der Waals surface area contributed by atoms with E-state index in [1.807, 2.05) is 0 Å². The number of thioether (sulfide) groups is 2. The van der Waals surface area contributed by atoms with Gasteiger partial charge in [0.25, 0.3) is 0 Å². The van der Waals surface area contributed by atoms with Crippen molar-refractivity contribution in [2.45, 2.75) is 24.4 Å². The Kier molecular flexibility index (Phi) is 13.7. The normalized spacial score (nSPS) is 18.0. The Hall–Kier alpha value is 1.20. The van der Waals surface area contributed by atoms with Gasteiger partial charge in [0.05, 0.1) is 24.4 Å². The smallest absolute Gasteiger partial charge is 0.0897 e. The van der Waals surface area contributed by atoms with Crippen molar-refractivity contribution >= 4 is 48.8 Å². The molecule has 116 valence electrons. The first kappa shape index (κ1) is 20.2. The van der Waals surface area contributed by atoms with Gasteiger partial charge in [-0.25, -0.2) is 0 Å². The molecule has 0 aromatic rings. The maximum atomic E-state index is 9.46. The highest BCUT2D eigenvalue weighted by atomic mass is 32.2. The van der Waals surface area contributed by atoms with Gasteiger partial charge in [0.1, 0.15) is 0 Å². The minimum absolute atomic E-state index is 0.246. The SMILES string of the molecule is OC(CS)C(O)CSCNCSCC(O)C(O)CS. The fourth-order valence-corrected chi connectivity index (χ4v) is 3.28. The molecule has 0 aromatic carbocycles. The highest BCUT2D eigenvalue weighted by Gasteiger charge is 2.15. The van der Waals surface area contributed by atoms with Crippen LogP contribution in [0.25, 0.3) is 0 Å². The van der Waals surface area contributed by atoms with Crippen LogP contribution >= 0.6 is 48.8 Å². The summed E-state index contributed by atoms with van der Waals surface area (Å²) in [7, 11) is 0. The van der Waals surface area contributed by atoms with Gasteiger partial charge in [0.15, 0.2) is 0 Å². The van der Waals surface area contributed by atoms with E-state index in [9.17, 15) is 20.4 Å². The van der Waals surface area contributed by atoms with E-state index < -0.39 is 24.4 Å². The lowest BCUT2D eigenvalue weighted by Gasteiger charge is -2.16. The van der Waals surface area contributed by atoms with Crippen LogP contribution in [0.15, 0.2) is 0 Å². The van der Waals surface area contributed by atoms with Crippen LogP contribution in [0.3, 0.4) is 0 Å². The first-order valence-corrected chi connectivity index (χ1v) is 9.40. The van der Waals surface area contributed by atoms with Crippen molar-refractivity contribution in [1.82, 2.24) is 5.32 Å². The van der Waals surface area contributed by atoms with E-state index in [2.05, 4.69) is 30.6 Å². The molecule has 0 fully saturated rings. The summed E-state index contributed by atoms with van der Waals surface area (Å²) in [5, 5.41) is 40.6. The number of aliphatic hydroxyl groups is 4. The van der Waals surface area contributed by atoms with E-state index >= 15 is 0 Å². The van der Waals surface area contributed by atoms with Crippen LogP contribution in [0.5, 0.6) is 0 Å². The van der Waals surface area contributed by atoms with Gasteiger partial charge in [-0.15, -0.1) is 23.5 Å². The van der Waals surface area contributed by atoms with Crippen molar-refractivity contribution < 1.29 is 20.4 Å². The van der Waals surface area contributed by atoms with E-state index in [1.54, 1.807) is 0 Å². The zero-order chi connectivity index (χ0) is 14.7. The molecule has 5 nitrogen and oxygen atoms in total. The zero-order valence-corrected chi connectivity index (χ0v) is 14.0. The Labute approximate surface area is 133 Å². The molecule has 0 bridgehead atoms. The van der Waals surface area contributed by atoms with Crippen molar-refractivity contribution in [1.29, 1.82) is 0 Å². The second kappa shape index (κ2) is 12.9. The molecule has 9 heteroatoms. The lowest BCUT2D eigenvalue weighted by Crippen LogP contribution is -2.31. The molecule has 4 unspecified atom stereocenters. The average molecular weight is 350 g/mol. The zero-order valence-electron chi connectivity index (χ0n) is 10.6. The van der Waals surface area contributed by atoms with Gasteiger partial charge in [0, 0.05) is 34.8 Å². The molecule has 0 spiro atoms. The number of nitrogens with one attached hydrogen (secondary N) is 1. The van der Waals surface area contributed by atoms with Crippen LogP contribution in [-0.4, -0.2) is 79.6 Å². The summed E-state index contributed by atoms with van der Waals surface area (Å²) in [4.78, 5) is 0. The average Bonchev–Trinajstić information content (AvgIpc) is 2.43. The van der Waals surface area contributed by atoms with Crippen LogP contribution in [0.2, 0.25) is 0 Å². The first-order valence-electron chi connectivity index (χ1n) is 5.83. The Morgan fingerprint density at radius 3 is 1.42 bits per heavy atom. The predicted octanol–water partition coefficient (Wildman–Crippen LogP) is -0.739. The van der Waals surface area contributed by atoms with Crippen molar-refractivity contribution in [2.24, 2.45) is 0 Å². The van der Waals surface area contributed by atoms with E-state index in [-0.39, 0.29) is 11.5 Å². The second-order valence-electron chi connectivity index (χ2n) is 3.91. The molecule has 19 heavy (non-hydrogen) atoms. The van der Waals surface area contributed by atoms with Crippen LogP contribution in [0.1, 0.15) is 0 Å². The largest absolute Gasteiger partial charge is 0.390 e. The van der Waals surface area contributed by atoms with Crippen molar-refractivity contribution in [2.75, 3.05) is 34.8 Å². The summed E-state index contributed by atoms with van der Waals surface area (Å²) >= 11 is 10.8. The van der Waals surface area contributed by atoms with Gasteiger partial charge in [-0.1, -0.05) is 0 Å². The number of rotatable bonds is 12. The maximum Gasteiger partial charge on any atom is 0.0897 e. The van der Waals surface area contributed by atoms with Crippen LogP contribution in [-0.2, 0) is 0 Å². The summed E-state index contributed by atoms with van der Waals surface area (Å²) in [6.07, 6.45) is -3.10. The van der Waals surface area contributed by atoms with Crippen molar-refractivity contribution in [3.8, 4) is 0 Å². The molecule has 0 amide bonds. The van der Waals surface area contributed by atoms with E-state index in [0.717, 1.165) is 0 Å². The number of aliphatic hydroxyl groups excluding tert-OH is 4. The highest BCUT2D eigenvalue weighted by molar-refractivity contribution is 8.00. The second-order valence-corrected chi connectivity index (χ2v) is 6.71. The predicted molar refractivity (Wildman–Crippen MR) is 89.5 cm³/mol. The standard InChI is InChI=1S/C10H23NO4S4/c12-7(1-16)9(14)3-18-5-11-6-19-4-10(15)8(13)2-17/h7-17H,1-6H2. The molecule has 4 atom stereocenters. The maximum absolute atomic E-state index is 9.46. The fourth-order valence-electron chi connectivity index (χ4n) is 1.01. The van der Waals surface area contributed by atoms with E-state index in [0.29, 0.717) is 23.3 Å². The summed E-state index contributed by atoms with van der Waals surface area (Å²) < 4.78 is 0. The van der Waals surface area contributed by atoms with E-state index in [1.165, 1.54) is 23.5 Å². The minimum Gasteiger partial charge on any atom is -0.390 e. The van der Waals surface area contributed by atoms with Crippen molar-refractivity contribution in [3.05, 3.63) is 0 Å². The van der Waals surface area contributed by atoms with Gasteiger partial charge >= 0.3 is 0 Å². The van der Waals surface area contributed by atoms with Crippen LogP contribution in [0, 0.1) is 0 Å². The monoisotopic (exact) mass is 349 g/mol. The Bertz CT molecular complexity index is 196. The summed E-state index contributed by atoms with van der Waals surface area (Å²) in [6.45, 7) is 0. The molecule has 0 saturated heterocycles. The van der Waals surface area contributed by atoms with Crippen LogP contribution in [0.4, 0.5) is 0 Å². The number of hydrogen-bond acceptors (Lipinski definition) is 9. The molecule has 0 aromatic heterocycles. The molecule has 5 N–H and O–H groups in total. The molecular formula is C10H23NO4S4. The molecule has 0 rings (SSSR count). The third kappa shape index (κ3) is 10.6. The molecular weight excluding hydrogens is 326 g/mol. The molecule has 0 aliphatic rings. The summed E-state index contributed by atoms with van der Waals surface area (Å²) in [5.41, 5.74) is 0. The van der Waals surface area contributed by atoms with Gasteiger partial charge in [-0.3, -0.25) is 5.32 Å². The molecule has 0 radical (unpaired) electrons. The summed E-state index contributed by atoms with van der Waals surface area (Å²) in [5.74, 6) is 2.68. The third-order valence-corrected chi connectivity index (χ3v) is 4.97. The molecule has 0 aliphatic carbocycles. The third-order valence-electron chi connectivity index (χ3n) is 2.25. The van der Waals surface area contributed by atoms with Gasteiger partial charge in [0.2, 0.25) is 0 Å². The quantitative estimate of drug-likeness (QED) is 0.142. The Balaban J connectivity index is 3.36. The molecule has 0 aliphatic heterocycles. The lowest BCUT2D eigenvalue weighted by atomic mass is 10.3. The topological polar surface area (TPSA) is 93.0 Å². The Morgan fingerprint density at radius 2 is 1.11 bits per heavy atom. The number of thiol groups is 2. The van der Waals surface area contributed by atoms with Crippen LogP contribution < -0.4 is 5.32 Å². The highest BCUT2D eigenvalue weighted by Crippen LogP contribution is 2.08. The van der Waals surface area contributed by atoms with Gasteiger partial charge < -0.3 is 20.4 Å². The molecule has 0 heterocycles. The first-order chi connectivity index (χ1) is 9.02. The lowest BCUT2D eigenvalue weighted by molar-refractivity contribution is 0.0501. The minimum atomic E-state index is -0.789. The van der Waals surface area contributed by atoms with Gasteiger partial charge in [-0.05, 0) is 0 Å². The van der Waals surface area contributed by atoms with Gasteiger partial charge in [-0.2, -0.15) is 25.3 Å². The van der Waals surface area contributed by atoms with Crippen molar-refractivity contribution in [3.63, 3.8) is 0 Å². The molecule has 0 saturated carbocycles.